The molecule has 114 valence electrons. The Kier molecular flexibility index (Phi) is 3.91. The summed E-state index contributed by atoms with van der Waals surface area (Å²) < 4.78 is 26.9. The van der Waals surface area contributed by atoms with E-state index in [1.807, 2.05) is 32.8 Å². The molecule has 0 unspecified atom stereocenters. The second-order valence-corrected chi connectivity index (χ2v) is 6.64. The maximum atomic E-state index is 13.6. The molecule has 0 N–H and O–H groups in total. The molecule has 1 aliphatic carbocycles. The maximum Gasteiger partial charge on any atom is 0.166 e. The molecular weight excluding hydrogens is 272 g/mol. The van der Waals surface area contributed by atoms with Crippen LogP contribution in [0.25, 0.3) is 0 Å². The van der Waals surface area contributed by atoms with Gasteiger partial charge in [0, 0.05) is 37.2 Å². The van der Waals surface area contributed by atoms with Gasteiger partial charge in [-0.05, 0) is 36.6 Å². The first kappa shape index (κ1) is 15.7. The molecule has 1 aliphatic rings. The Balaban J connectivity index is 2.56. The lowest BCUT2D eigenvalue weighted by Crippen LogP contribution is -2.18. The summed E-state index contributed by atoms with van der Waals surface area (Å²) in [5.41, 5.74) is 1.55. The van der Waals surface area contributed by atoms with Gasteiger partial charge in [-0.1, -0.05) is 13.8 Å². The van der Waals surface area contributed by atoms with Crippen LogP contribution >= 0.6 is 0 Å². The number of allylic oxidation sites excluding steroid dienone is 1. The van der Waals surface area contributed by atoms with E-state index >= 15 is 0 Å². The number of benzene rings is 1. The number of Topliss-reactive ketones (excluding diaryl/α,β-unsaturated/α-hetero) is 1. The van der Waals surface area contributed by atoms with E-state index in [2.05, 4.69) is 0 Å². The highest BCUT2D eigenvalue weighted by molar-refractivity contribution is 6.03. The average molecular weight is 293 g/mol. The summed E-state index contributed by atoms with van der Waals surface area (Å²) in [7, 11) is 3.70. The van der Waals surface area contributed by atoms with E-state index in [0.29, 0.717) is 23.1 Å². The molecule has 1 fully saturated rings. The van der Waals surface area contributed by atoms with Crippen molar-refractivity contribution in [3.8, 4) is 0 Å². The number of halogens is 2. The van der Waals surface area contributed by atoms with Crippen molar-refractivity contribution in [2.45, 2.75) is 33.1 Å². The standard InChI is InChI=1S/C17H21F2NO/c1-10-6-14(18)15(19)7-11(10)12-8-17(2,3)16(21)13(12)9-20(4)5/h6-7,9,12H,8H2,1-5H3/b13-9-/t12-/m0/s1. The zero-order valence-electron chi connectivity index (χ0n) is 13.1. The van der Waals surface area contributed by atoms with E-state index in [4.69, 9.17) is 0 Å². The zero-order chi connectivity index (χ0) is 15.9. The Morgan fingerprint density at radius 3 is 2.38 bits per heavy atom. The summed E-state index contributed by atoms with van der Waals surface area (Å²) in [4.78, 5) is 14.4. The molecule has 4 heteroatoms. The largest absolute Gasteiger partial charge is 0.383 e. The summed E-state index contributed by atoms with van der Waals surface area (Å²) in [6, 6.07) is 2.43. The molecule has 2 nitrogen and oxygen atoms in total. The molecule has 0 spiro atoms. The van der Waals surface area contributed by atoms with Crippen LogP contribution in [0.5, 0.6) is 0 Å². The van der Waals surface area contributed by atoms with E-state index in [1.54, 1.807) is 13.1 Å². The molecule has 2 rings (SSSR count). The molecule has 0 radical (unpaired) electrons. The first-order valence-electron chi connectivity index (χ1n) is 7.02. The Labute approximate surface area is 124 Å². The summed E-state index contributed by atoms with van der Waals surface area (Å²) in [6.45, 7) is 5.54. The van der Waals surface area contributed by atoms with Crippen molar-refractivity contribution in [1.82, 2.24) is 4.90 Å². The summed E-state index contributed by atoms with van der Waals surface area (Å²) in [5.74, 6) is -1.83. The molecular formula is C17H21F2NO. The molecule has 0 saturated heterocycles. The Morgan fingerprint density at radius 1 is 1.24 bits per heavy atom. The zero-order valence-corrected chi connectivity index (χ0v) is 13.1. The monoisotopic (exact) mass is 293 g/mol. The van der Waals surface area contributed by atoms with Gasteiger partial charge in [-0.25, -0.2) is 8.78 Å². The predicted octanol–water partition coefficient (Wildman–Crippen LogP) is 3.80. The van der Waals surface area contributed by atoms with Crippen molar-refractivity contribution in [2.24, 2.45) is 5.41 Å². The van der Waals surface area contributed by atoms with Gasteiger partial charge in [-0.2, -0.15) is 0 Å². The molecule has 1 atom stereocenters. The molecule has 0 heterocycles. The number of hydrogen-bond donors (Lipinski definition) is 0. The van der Waals surface area contributed by atoms with Gasteiger partial charge in [0.25, 0.3) is 0 Å². The van der Waals surface area contributed by atoms with Gasteiger partial charge in [-0.15, -0.1) is 0 Å². The second kappa shape index (κ2) is 5.24. The lowest BCUT2D eigenvalue weighted by molar-refractivity contribution is -0.121. The predicted molar refractivity (Wildman–Crippen MR) is 79.0 cm³/mol. The van der Waals surface area contributed by atoms with Gasteiger partial charge in [0.15, 0.2) is 17.4 Å². The van der Waals surface area contributed by atoms with Gasteiger partial charge in [0.05, 0.1) is 0 Å². The van der Waals surface area contributed by atoms with Crippen LogP contribution in [0.15, 0.2) is 23.9 Å². The quantitative estimate of drug-likeness (QED) is 0.773. The SMILES string of the molecule is Cc1cc(F)c(F)cc1[C@@H]1CC(C)(C)C(=O)/C1=C\N(C)C. The van der Waals surface area contributed by atoms with Gasteiger partial charge in [0.2, 0.25) is 0 Å². The Hall–Kier alpha value is -1.71. The third-order valence-corrected chi connectivity index (χ3v) is 4.05. The van der Waals surface area contributed by atoms with Crippen molar-refractivity contribution in [2.75, 3.05) is 14.1 Å². The van der Waals surface area contributed by atoms with Crippen molar-refractivity contribution in [3.63, 3.8) is 0 Å². The average Bonchev–Trinajstić information content (AvgIpc) is 2.57. The third-order valence-electron chi connectivity index (χ3n) is 4.05. The minimum atomic E-state index is -0.864. The van der Waals surface area contributed by atoms with E-state index < -0.39 is 17.0 Å². The lowest BCUT2D eigenvalue weighted by atomic mass is 9.86. The molecule has 1 saturated carbocycles. The number of hydrogen-bond acceptors (Lipinski definition) is 2. The van der Waals surface area contributed by atoms with Crippen molar-refractivity contribution in [3.05, 3.63) is 46.7 Å². The van der Waals surface area contributed by atoms with Crippen LogP contribution in [-0.2, 0) is 4.79 Å². The topological polar surface area (TPSA) is 20.3 Å². The Morgan fingerprint density at radius 2 is 1.81 bits per heavy atom. The highest BCUT2D eigenvalue weighted by Crippen LogP contribution is 2.48. The molecule has 0 bridgehead atoms. The van der Waals surface area contributed by atoms with E-state index in [9.17, 15) is 13.6 Å². The molecule has 21 heavy (non-hydrogen) atoms. The van der Waals surface area contributed by atoms with E-state index in [0.717, 1.165) is 0 Å². The van der Waals surface area contributed by atoms with Crippen molar-refractivity contribution < 1.29 is 13.6 Å². The smallest absolute Gasteiger partial charge is 0.166 e. The van der Waals surface area contributed by atoms with Crippen LogP contribution in [0.2, 0.25) is 0 Å². The van der Waals surface area contributed by atoms with Crippen molar-refractivity contribution in [1.29, 1.82) is 0 Å². The van der Waals surface area contributed by atoms with Gasteiger partial charge in [0.1, 0.15) is 0 Å². The van der Waals surface area contributed by atoms with Crippen LogP contribution < -0.4 is 0 Å². The minimum absolute atomic E-state index is 0.0744. The minimum Gasteiger partial charge on any atom is -0.383 e. The van der Waals surface area contributed by atoms with Gasteiger partial charge in [-0.3, -0.25) is 4.79 Å². The van der Waals surface area contributed by atoms with Crippen LogP contribution in [0.3, 0.4) is 0 Å². The molecule has 1 aromatic rings. The van der Waals surface area contributed by atoms with Crippen LogP contribution in [0, 0.1) is 24.0 Å². The second-order valence-electron chi connectivity index (χ2n) is 6.64. The highest BCUT2D eigenvalue weighted by Gasteiger charge is 2.44. The Bertz CT molecular complexity index is 617. The summed E-state index contributed by atoms with van der Waals surface area (Å²) in [5, 5.41) is 0. The molecule has 1 aromatic carbocycles. The third kappa shape index (κ3) is 2.85. The number of nitrogens with zero attached hydrogens (tertiary/aromatic N) is 1. The van der Waals surface area contributed by atoms with Crippen LogP contribution in [0.4, 0.5) is 8.78 Å². The normalized spacial score (nSPS) is 22.9. The van der Waals surface area contributed by atoms with Crippen LogP contribution in [-0.4, -0.2) is 24.8 Å². The fourth-order valence-electron chi connectivity index (χ4n) is 3.00. The molecule has 0 amide bonds. The fourth-order valence-corrected chi connectivity index (χ4v) is 3.00. The number of ketones is 1. The van der Waals surface area contributed by atoms with E-state index in [1.165, 1.54) is 12.1 Å². The molecule has 0 aromatic heterocycles. The number of carbonyl (C=O) groups excluding carboxylic acids is 1. The maximum absolute atomic E-state index is 13.6. The summed E-state index contributed by atoms with van der Waals surface area (Å²) >= 11 is 0. The highest BCUT2D eigenvalue weighted by atomic mass is 19.2. The number of aryl methyl sites for hydroxylation is 1. The van der Waals surface area contributed by atoms with Crippen molar-refractivity contribution >= 4 is 5.78 Å². The first-order valence-corrected chi connectivity index (χ1v) is 7.02. The van der Waals surface area contributed by atoms with Crippen LogP contribution in [0.1, 0.15) is 37.3 Å². The van der Waals surface area contributed by atoms with E-state index in [-0.39, 0.29) is 11.7 Å². The lowest BCUT2D eigenvalue weighted by Gasteiger charge is -2.17. The van der Waals surface area contributed by atoms with Gasteiger partial charge >= 0.3 is 0 Å². The first-order chi connectivity index (χ1) is 9.63. The fraction of sp³-hybridized carbons (Fsp3) is 0.471. The number of carbonyl (C=O) groups is 1. The van der Waals surface area contributed by atoms with Gasteiger partial charge < -0.3 is 4.90 Å². The number of rotatable bonds is 2. The summed E-state index contributed by atoms with van der Waals surface area (Å²) in [6.07, 6.45) is 2.40. The molecule has 0 aliphatic heterocycles.